The van der Waals surface area contributed by atoms with E-state index in [0.29, 0.717) is 19.0 Å². The highest BCUT2D eigenvalue weighted by Gasteiger charge is 2.11. The highest BCUT2D eigenvalue weighted by molar-refractivity contribution is 5.81. The molecular formula is C14H22N2O2. The number of hydrogen-bond donors (Lipinski definition) is 3. The van der Waals surface area contributed by atoms with Gasteiger partial charge in [-0.25, -0.2) is 0 Å². The van der Waals surface area contributed by atoms with Gasteiger partial charge in [-0.15, -0.1) is 0 Å². The zero-order valence-corrected chi connectivity index (χ0v) is 11.2. The van der Waals surface area contributed by atoms with Gasteiger partial charge in [-0.3, -0.25) is 4.79 Å². The van der Waals surface area contributed by atoms with Crippen molar-refractivity contribution in [2.24, 2.45) is 5.92 Å². The molecule has 3 N–H and O–H groups in total. The topological polar surface area (TPSA) is 61.4 Å². The lowest BCUT2D eigenvalue weighted by Gasteiger charge is -2.15. The maximum absolute atomic E-state index is 11.7. The highest BCUT2D eigenvalue weighted by Crippen LogP contribution is 2.09. The van der Waals surface area contributed by atoms with Crippen molar-refractivity contribution in [2.75, 3.05) is 6.54 Å². The van der Waals surface area contributed by atoms with E-state index in [1.165, 1.54) is 0 Å². The van der Waals surface area contributed by atoms with Crippen LogP contribution in [0.4, 0.5) is 0 Å². The molecule has 0 fully saturated rings. The minimum atomic E-state index is -0.224. The van der Waals surface area contributed by atoms with Crippen LogP contribution in [-0.4, -0.2) is 23.6 Å². The van der Waals surface area contributed by atoms with Crippen LogP contribution in [0.3, 0.4) is 0 Å². The maximum Gasteiger partial charge on any atom is 0.236 e. The second-order valence-electron chi connectivity index (χ2n) is 4.91. The monoisotopic (exact) mass is 250 g/mol. The number of rotatable bonds is 6. The molecule has 4 nitrogen and oxygen atoms in total. The van der Waals surface area contributed by atoms with Crippen LogP contribution < -0.4 is 10.6 Å². The summed E-state index contributed by atoms with van der Waals surface area (Å²) >= 11 is 0. The Hall–Kier alpha value is -1.55. The molecule has 1 aromatic carbocycles. The average Bonchev–Trinajstić information content (AvgIpc) is 2.34. The molecule has 18 heavy (non-hydrogen) atoms. The first-order chi connectivity index (χ1) is 8.49. The van der Waals surface area contributed by atoms with Gasteiger partial charge >= 0.3 is 0 Å². The Morgan fingerprint density at radius 1 is 1.22 bits per heavy atom. The number of aromatic hydroxyl groups is 1. The number of phenolic OH excluding ortho intramolecular Hbond substituents is 1. The summed E-state index contributed by atoms with van der Waals surface area (Å²) in [5, 5.41) is 15.2. The fourth-order valence-corrected chi connectivity index (χ4v) is 1.44. The fourth-order valence-electron chi connectivity index (χ4n) is 1.44. The third-order valence-corrected chi connectivity index (χ3v) is 2.63. The molecule has 0 spiro atoms. The van der Waals surface area contributed by atoms with Gasteiger partial charge in [0, 0.05) is 13.1 Å². The Labute approximate surface area is 108 Å². The van der Waals surface area contributed by atoms with Gasteiger partial charge in [-0.05, 0) is 30.5 Å². The van der Waals surface area contributed by atoms with Crippen molar-refractivity contribution in [3.8, 4) is 5.75 Å². The summed E-state index contributed by atoms with van der Waals surface area (Å²) in [5.41, 5.74) is 1.04. The minimum Gasteiger partial charge on any atom is -0.508 e. The average molecular weight is 250 g/mol. The molecule has 1 rings (SSSR count). The van der Waals surface area contributed by atoms with Crippen LogP contribution in [0.2, 0.25) is 0 Å². The predicted octanol–water partition coefficient (Wildman–Crippen LogP) is 1.64. The van der Waals surface area contributed by atoms with Crippen LogP contribution >= 0.6 is 0 Å². The van der Waals surface area contributed by atoms with Gasteiger partial charge in [0.1, 0.15) is 5.75 Å². The Balaban J connectivity index is 2.34. The van der Waals surface area contributed by atoms with Crippen LogP contribution in [0.15, 0.2) is 24.3 Å². The number of carbonyl (C=O) groups excluding carboxylic acids is 1. The summed E-state index contributed by atoms with van der Waals surface area (Å²) in [6, 6.07) is 6.72. The molecular weight excluding hydrogens is 228 g/mol. The number of carbonyl (C=O) groups is 1. The molecule has 0 aliphatic heterocycles. The van der Waals surface area contributed by atoms with Gasteiger partial charge in [0.25, 0.3) is 0 Å². The van der Waals surface area contributed by atoms with Crippen LogP contribution in [0, 0.1) is 5.92 Å². The van der Waals surface area contributed by atoms with E-state index >= 15 is 0 Å². The molecule has 1 amide bonds. The van der Waals surface area contributed by atoms with Crippen molar-refractivity contribution in [1.82, 2.24) is 10.6 Å². The number of amides is 1. The van der Waals surface area contributed by atoms with Gasteiger partial charge < -0.3 is 15.7 Å². The second-order valence-corrected chi connectivity index (χ2v) is 4.91. The Kier molecular flexibility index (Phi) is 5.65. The minimum absolute atomic E-state index is 0.0162. The molecule has 0 saturated carbocycles. The summed E-state index contributed by atoms with van der Waals surface area (Å²) < 4.78 is 0. The summed E-state index contributed by atoms with van der Waals surface area (Å²) in [5.74, 6) is 0.724. The number of benzene rings is 1. The lowest BCUT2D eigenvalue weighted by atomic mass is 10.2. The van der Waals surface area contributed by atoms with Crippen LogP contribution in [-0.2, 0) is 11.3 Å². The lowest BCUT2D eigenvalue weighted by molar-refractivity contribution is -0.122. The van der Waals surface area contributed by atoms with Crippen LogP contribution in [0.1, 0.15) is 26.3 Å². The zero-order valence-electron chi connectivity index (χ0n) is 11.2. The number of phenols is 1. The molecule has 0 bridgehead atoms. The first kappa shape index (κ1) is 14.5. The summed E-state index contributed by atoms with van der Waals surface area (Å²) in [6.07, 6.45) is 0. The Morgan fingerprint density at radius 2 is 1.83 bits per heavy atom. The van der Waals surface area contributed by atoms with Gasteiger partial charge in [0.15, 0.2) is 0 Å². The molecule has 0 aromatic heterocycles. The van der Waals surface area contributed by atoms with E-state index in [0.717, 1.165) is 5.56 Å². The smallest absolute Gasteiger partial charge is 0.236 e. The van der Waals surface area contributed by atoms with Gasteiger partial charge in [0.05, 0.1) is 6.04 Å². The van der Waals surface area contributed by atoms with E-state index in [-0.39, 0.29) is 17.7 Å². The van der Waals surface area contributed by atoms with Crippen molar-refractivity contribution in [3.05, 3.63) is 29.8 Å². The lowest BCUT2D eigenvalue weighted by Crippen LogP contribution is -2.42. The largest absolute Gasteiger partial charge is 0.508 e. The first-order valence-electron chi connectivity index (χ1n) is 6.28. The van der Waals surface area contributed by atoms with Gasteiger partial charge in [0.2, 0.25) is 5.91 Å². The second kappa shape index (κ2) is 7.01. The molecule has 0 heterocycles. The fraction of sp³-hybridized carbons (Fsp3) is 0.500. The van der Waals surface area contributed by atoms with Crippen molar-refractivity contribution in [1.29, 1.82) is 0 Å². The summed E-state index contributed by atoms with van der Waals surface area (Å²) in [4.78, 5) is 11.7. The summed E-state index contributed by atoms with van der Waals surface area (Å²) in [6.45, 7) is 7.28. The van der Waals surface area contributed by atoms with E-state index < -0.39 is 0 Å². The third kappa shape index (κ3) is 5.19. The molecule has 0 aliphatic carbocycles. The van der Waals surface area contributed by atoms with E-state index in [9.17, 15) is 4.79 Å². The number of hydrogen-bond acceptors (Lipinski definition) is 3. The predicted molar refractivity (Wildman–Crippen MR) is 72.3 cm³/mol. The highest BCUT2D eigenvalue weighted by atomic mass is 16.3. The molecule has 1 unspecified atom stereocenters. The Bertz CT molecular complexity index is 374. The molecule has 0 aliphatic rings. The number of nitrogens with one attached hydrogen (secondary N) is 2. The molecule has 4 heteroatoms. The molecule has 1 atom stereocenters. The quantitative estimate of drug-likeness (QED) is 0.719. The zero-order chi connectivity index (χ0) is 13.5. The molecule has 100 valence electrons. The van der Waals surface area contributed by atoms with Crippen molar-refractivity contribution < 1.29 is 9.90 Å². The van der Waals surface area contributed by atoms with E-state index in [4.69, 9.17) is 5.11 Å². The van der Waals surface area contributed by atoms with E-state index in [1.807, 2.05) is 19.1 Å². The van der Waals surface area contributed by atoms with E-state index in [2.05, 4.69) is 24.5 Å². The van der Waals surface area contributed by atoms with Crippen LogP contribution in [0.5, 0.6) is 5.75 Å². The van der Waals surface area contributed by atoms with Gasteiger partial charge in [-0.1, -0.05) is 26.0 Å². The standard InChI is InChI=1S/C14H22N2O2/c1-10(2)8-16-14(18)11(3)15-9-12-4-6-13(17)7-5-12/h4-7,10-11,15,17H,8-9H2,1-3H3,(H,16,18). The van der Waals surface area contributed by atoms with Crippen molar-refractivity contribution >= 4 is 5.91 Å². The molecule has 0 radical (unpaired) electrons. The molecule has 1 aromatic rings. The van der Waals surface area contributed by atoms with E-state index in [1.54, 1.807) is 12.1 Å². The Morgan fingerprint density at radius 3 is 2.39 bits per heavy atom. The van der Waals surface area contributed by atoms with Gasteiger partial charge in [-0.2, -0.15) is 0 Å². The molecule has 0 saturated heterocycles. The normalized spacial score (nSPS) is 12.4. The first-order valence-corrected chi connectivity index (χ1v) is 6.28. The van der Waals surface area contributed by atoms with Crippen molar-refractivity contribution in [3.63, 3.8) is 0 Å². The SMILES string of the molecule is CC(C)CNC(=O)C(C)NCc1ccc(O)cc1. The van der Waals surface area contributed by atoms with Crippen LogP contribution in [0.25, 0.3) is 0 Å². The van der Waals surface area contributed by atoms with Crippen molar-refractivity contribution in [2.45, 2.75) is 33.4 Å². The maximum atomic E-state index is 11.7. The summed E-state index contributed by atoms with van der Waals surface area (Å²) in [7, 11) is 0. The third-order valence-electron chi connectivity index (χ3n) is 2.63.